The summed E-state index contributed by atoms with van der Waals surface area (Å²) >= 11 is 0. The van der Waals surface area contributed by atoms with Crippen molar-refractivity contribution in [2.24, 2.45) is 0 Å². The van der Waals surface area contributed by atoms with Crippen LogP contribution >= 0.6 is 0 Å². The fourth-order valence-electron chi connectivity index (χ4n) is 3.07. The van der Waals surface area contributed by atoms with Gasteiger partial charge in [0.2, 0.25) is 15.7 Å². The maximum absolute atomic E-state index is 12.7. The quantitative estimate of drug-likeness (QED) is 0.805. The number of rotatable bonds is 6. The van der Waals surface area contributed by atoms with Crippen LogP contribution in [0.4, 0.5) is 0 Å². The first-order valence-corrected chi connectivity index (χ1v) is 10.0. The van der Waals surface area contributed by atoms with Gasteiger partial charge in [0.25, 0.3) is 5.88 Å². The van der Waals surface area contributed by atoms with Gasteiger partial charge in [-0.05, 0) is 37.8 Å². The summed E-state index contributed by atoms with van der Waals surface area (Å²) in [6.07, 6.45) is 5.35. The average molecular weight is 388 g/mol. The molecule has 0 amide bonds. The second-order valence-electron chi connectivity index (χ2n) is 6.19. The van der Waals surface area contributed by atoms with Crippen molar-refractivity contribution < 1.29 is 17.9 Å². The van der Waals surface area contributed by atoms with Gasteiger partial charge >= 0.3 is 0 Å². The number of benzene rings is 1. The van der Waals surface area contributed by atoms with E-state index in [-0.39, 0.29) is 28.6 Å². The number of para-hydroxylation sites is 1. The number of sulfonamides is 1. The van der Waals surface area contributed by atoms with E-state index in [1.165, 1.54) is 25.6 Å². The zero-order valence-electron chi connectivity index (χ0n) is 14.8. The molecule has 1 fully saturated rings. The summed E-state index contributed by atoms with van der Waals surface area (Å²) in [5.41, 5.74) is 0.150. The Balaban J connectivity index is 1.60. The Morgan fingerprint density at radius 3 is 2.56 bits per heavy atom. The number of nitriles is 1. The minimum Gasteiger partial charge on any atom is -0.495 e. The summed E-state index contributed by atoms with van der Waals surface area (Å²) < 4.78 is 39.0. The molecular formula is C18H20N4O4S. The van der Waals surface area contributed by atoms with E-state index in [1.54, 1.807) is 18.2 Å². The molecule has 27 heavy (non-hydrogen) atoms. The van der Waals surface area contributed by atoms with Crippen LogP contribution < -0.4 is 14.2 Å². The van der Waals surface area contributed by atoms with Crippen molar-refractivity contribution in [2.75, 3.05) is 7.11 Å². The van der Waals surface area contributed by atoms with E-state index in [2.05, 4.69) is 14.7 Å². The highest BCUT2D eigenvalue weighted by Gasteiger charge is 2.28. The van der Waals surface area contributed by atoms with E-state index < -0.39 is 10.0 Å². The first-order chi connectivity index (χ1) is 13.0. The SMILES string of the molecule is COc1ccccc1S(=O)(=O)NC1CCC(Oc2nccnc2C#N)CC1. The molecule has 1 aromatic heterocycles. The van der Waals surface area contributed by atoms with Crippen molar-refractivity contribution in [3.05, 3.63) is 42.4 Å². The molecule has 1 N–H and O–H groups in total. The molecule has 2 aromatic rings. The fraction of sp³-hybridized carbons (Fsp3) is 0.389. The monoisotopic (exact) mass is 388 g/mol. The molecule has 1 aliphatic rings. The normalized spacial score (nSPS) is 19.9. The Labute approximate surface area is 158 Å². The molecule has 1 heterocycles. The van der Waals surface area contributed by atoms with Crippen molar-refractivity contribution in [3.63, 3.8) is 0 Å². The highest BCUT2D eigenvalue weighted by Crippen LogP contribution is 2.27. The standard InChI is InChI=1S/C18H20N4O4S/c1-25-16-4-2-3-5-17(16)27(23,24)22-13-6-8-14(9-7-13)26-18-15(12-19)20-10-11-21-18/h2-5,10-11,13-14,22H,6-9H2,1H3. The van der Waals surface area contributed by atoms with E-state index in [0.29, 0.717) is 31.4 Å². The lowest BCUT2D eigenvalue weighted by Crippen LogP contribution is -2.39. The van der Waals surface area contributed by atoms with Gasteiger partial charge in [0.05, 0.1) is 7.11 Å². The maximum Gasteiger partial charge on any atom is 0.251 e. The fourth-order valence-corrected chi connectivity index (χ4v) is 4.54. The van der Waals surface area contributed by atoms with Crippen LogP contribution in [0.15, 0.2) is 41.6 Å². The van der Waals surface area contributed by atoms with Crippen molar-refractivity contribution in [2.45, 2.75) is 42.7 Å². The van der Waals surface area contributed by atoms with Crippen LogP contribution in [-0.4, -0.2) is 37.6 Å². The Bertz CT molecular complexity index is 934. The summed E-state index contributed by atoms with van der Waals surface area (Å²) in [6, 6.07) is 8.29. The number of hydrogen-bond acceptors (Lipinski definition) is 7. The van der Waals surface area contributed by atoms with Crippen molar-refractivity contribution in [1.82, 2.24) is 14.7 Å². The third kappa shape index (κ3) is 4.53. The molecule has 142 valence electrons. The molecule has 0 atom stereocenters. The molecule has 0 spiro atoms. The van der Waals surface area contributed by atoms with Crippen LogP contribution in [-0.2, 0) is 10.0 Å². The molecule has 8 nitrogen and oxygen atoms in total. The molecule has 0 radical (unpaired) electrons. The number of nitrogens with zero attached hydrogens (tertiary/aromatic N) is 3. The van der Waals surface area contributed by atoms with Gasteiger partial charge in [0.15, 0.2) is 0 Å². The molecule has 1 aliphatic carbocycles. The minimum absolute atomic E-state index is 0.124. The average Bonchev–Trinajstić information content (AvgIpc) is 2.69. The molecular weight excluding hydrogens is 368 g/mol. The maximum atomic E-state index is 12.7. The van der Waals surface area contributed by atoms with Crippen molar-refractivity contribution in [3.8, 4) is 17.7 Å². The summed E-state index contributed by atoms with van der Waals surface area (Å²) in [5.74, 6) is 0.534. The van der Waals surface area contributed by atoms with Gasteiger partial charge in [0.1, 0.15) is 22.8 Å². The van der Waals surface area contributed by atoms with Gasteiger partial charge in [-0.25, -0.2) is 23.1 Å². The topological polar surface area (TPSA) is 114 Å². The summed E-state index contributed by atoms with van der Waals surface area (Å²) in [5, 5.41) is 9.05. The molecule has 0 bridgehead atoms. The Hall–Kier alpha value is -2.70. The molecule has 0 unspecified atom stereocenters. The summed E-state index contributed by atoms with van der Waals surface area (Å²) in [7, 11) is -2.23. The van der Waals surface area contributed by atoms with Gasteiger partial charge in [-0.3, -0.25) is 0 Å². The van der Waals surface area contributed by atoms with Crippen LogP contribution in [0.2, 0.25) is 0 Å². The molecule has 1 saturated carbocycles. The summed E-state index contributed by atoms with van der Waals surface area (Å²) in [4.78, 5) is 8.10. The number of nitrogens with one attached hydrogen (secondary N) is 1. The number of aromatic nitrogens is 2. The number of methoxy groups -OCH3 is 1. The summed E-state index contributed by atoms with van der Waals surface area (Å²) in [6.45, 7) is 0. The predicted octanol–water partition coefficient (Wildman–Crippen LogP) is 2.03. The molecule has 3 rings (SSSR count). The van der Waals surface area contributed by atoms with Gasteiger partial charge in [-0.1, -0.05) is 12.1 Å². The lowest BCUT2D eigenvalue weighted by atomic mass is 9.94. The van der Waals surface area contributed by atoms with Gasteiger partial charge < -0.3 is 9.47 Å². The van der Waals surface area contributed by atoms with E-state index in [9.17, 15) is 8.42 Å². The van der Waals surface area contributed by atoms with E-state index in [1.807, 2.05) is 6.07 Å². The zero-order valence-corrected chi connectivity index (χ0v) is 15.6. The van der Waals surface area contributed by atoms with Gasteiger partial charge in [-0.2, -0.15) is 5.26 Å². The predicted molar refractivity (Wildman–Crippen MR) is 96.7 cm³/mol. The first-order valence-electron chi connectivity index (χ1n) is 8.56. The van der Waals surface area contributed by atoms with Crippen molar-refractivity contribution >= 4 is 10.0 Å². The highest BCUT2D eigenvalue weighted by atomic mass is 32.2. The van der Waals surface area contributed by atoms with E-state index in [4.69, 9.17) is 14.7 Å². The third-order valence-corrected chi connectivity index (χ3v) is 5.96. The van der Waals surface area contributed by atoms with Crippen molar-refractivity contribution in [1.29, 1.82) is 5.26 Å². The molecule has 0 aliphatic heterocycles. The van der Waals surface area contributed by atoms with Gasteiger partial charge in [0, 0.05) is 18.4 Å². The molecule has 9 heteroatoms. The smallest absolute Gasteiger partial charge is 0.251 e. The molecule has 1 aromatic carbocycles. The van der Waals surface area contributed by atoms with Gasteiger partial charge in [-0.15, -0.1) is 0 Å². The van der Waals surface area contributed by atoms with Crippen LogP contribution in [0.3, 0.4) is 0 Å². The Morgan fingerprint density at radius 1 is 1.15 bits per heavy atom. The third-order valence-electron chi connectivity index (χ3n) is 4.40. The molecule has 0 saturated heterocycles. The first kappa shape index (κ1) is 19.1. The lowest BCUT2D eigenvalue weighted by molar-refractivity contribution is 0.137. The lowest BCUT2D eigenvalue weighted by Gasteiger charge is -2.29. The van der Waals surface area contributed by atoms with Crippen LogP contribution in [0.1, 0.15) is 31.4 Å². The number of hydrogen-bond donors (Lipinski definition) is 1. The van der Waals surface area contributed by atoms with Crippen LogP contribution in [0, 0.1) is 11.3 Å². The van der Waals surface area contributed by atoms with E-state index in [0.717, 1.165) is 0 Å². The van der Waals surface area contributed by atoms with E-state index >= 15 is 0 Å². The second-order valence-corrected chi connectivity index (χ2v) is 7.87. The largest absolute Gasteiger partial charge is 0.495 e. The highest BCUT2D eigenvalue weighted by molar-refractivity contribution is 7.89. The van der Waals surface area contributed by atoms with Crippen LogP contribution in [0.25, 0.3) is 0 Å². The Kier molecular flexibility index (Phi) is 5.88. The number of ether oxygens (including phenoxy) is 2. The van der Waals surface area contributed by atoms with Crippen LogP contribution in [0.5, 0.6) is 11.6 Å². The zero-order chi connectivity index (χ0) is 19.3. The second kappa shape index (κ2) is 8.33. The minimum atomic E-state index is -3.67. The Morgan fingerprint density at radius 2 is 1.85 bits per heavy atom.